The fourth-order valence-corrected chi connectivity index (χ4v) is 2.71. The Balaban J connectivity index is 1.48. The van der Waals surface area contributed by atoms with Gasteiger partial charge in [-0.15, -0.1) is 10.2 Å². The van der Waals surface area contributed by atoms with Crippen LogP contribution in [0.1, 0.15) is 17.0 Å². The van der Waals surface area contributed by atoms with Crippen LogP contribution in [0.15, 0.2) is 52.2 Å². The van der Waals surface area contributed by atoms with Gasteiger partial charge >= 0.3 is 0 Å². The molecule has 1 aromatic carbocycles. The lowest BCUT2D eigenvalue weighted by Gasteiger charge is -2.06. The van der Waals surface area contributed by atoms with Crippen LogP contribution in [0.4, 0.5) is 5.82 Å². The predicted molar refractivity (Wildman–Crippen MR) is 98.1 cm³/mol. The fourth-order valence-electron chi connectivity index (χ4n) is 2.12. The molecule has 0 aliphatic rings. The Morgan fingerprint density at radius 2 is 1.96 bits per heavy atom. The average molecular weight is 370 g/mol. The molecule has 0 spiro atoms. The highest BCUT2D eigenvalue weighted by Gasteiger charge is 2.12. The summed E-state index contributed by atoms with van der Waals surface area (Å²) in [5.74, 6) is 1.64. The van der Waals surface area contributed by atoms with Crippen molar-refractivity contribution in [3.63, 3.8) is 0 Å². The normalized spacial score (nSPS) is 10.5. The number of carbonyl (C=O) groups excluding carboxylic acids is 1. The van der Waals surface area contributed by atoms with Gasteiger partial charge in [0.1, 0.15) is 11.6 Å². The summed E-state index contributed by atoms with van der Waals surface area (Å²) in [5.41, 5.74) is 1.93. The number of thioether (sulfide) groups is 1. The number of anilines is 1. The molecule has 7 nitrogen and oxygen atoms in total. The molecule has 0 atom stereocenters. The first-order chi connectivity index (χ1) is 12.6. The molecular formula is C18H18N4O3S. The number of nitrogens with one attached hydrogen (secondary N) is 1. The van der Waals surface area contributed by atoms with E-state index in [1.165, 1.54) is 0 Å². The maximum absolute atomic E-state index is 12.0. The smallest absolute Gasteiger partial charge is 0.277 e. The minimum atomic E-state index is -0.187. The number of pyridine rings is 1. The van der Waals surface area contributed by atoms with Gasteiger partial charge in [0.25, 0.3) is 11.1 Å². The molecule has 1 N–H and O–H groups in total. The van der Waals surface area contributed by atoms with Gasteiger partial charge in [0.15, 0.2) is 6.61 Å². The standard InChI is InChI=1S/C18H18N4O3S/c1-12-6-3-4-8-14(12)24-10-16-21-22-18(25-16)26-11-15(23)20-17-13(2)7-5-9-19-17/h3-9H,10-11H2,1-2H3,(H,19,20,23). The van der Waals surface area contributed by atoms with Gasteiger partial charge in [0.05, 0.1) is 5.75 Å². The summed E-state index contributed by atoms with van der Waals surface area (Å²) in [7, 11) is 0. The number of hydrogen-bond donors (Lipinski definition) is 1. The molecule has 0 bridgehead atoms. The van der Waals surface area contributed by atoms with E-state index in [1.807, 2.05) is 50.2 Å². The van der Waals surface area contributed by atoms with Crippen molar-refractivity contribution in [1.82, 2.24) is 15.2 Å². The van der Waals surface area contributed by atoms with E-state index in [1.54, 1.807) is 6.20 Å². The highest BCUT2D eigenvalue weighted by Crippen LogP contribution is 2.20. The van der Waals surface area contributed by atoms with Gasteiger partial charge in [-0.2, -0.15) is 0 Å². The minimum absolute atomic E-state index is 0.149. The first-order valence-electron chi connectivity index (χ1n) is 7.97. The molecular weight excluding hydrogens is 352 g/mol. The lowest BCUT2D eigenvalue weighted by atomic mass is 10.2. The Bertz CT molecular complexity index is 897. The maximum Gasteiger partial charge on any atom is 0.277 e. The second kappa shape index (κ2) is 8.48. The van der Waals surface area contributed by atoms with Crippen LogP contribution in [0, 0.1) is 13.8 Å². The summed E-state index contributed by atoms with van der Waals surface area (Å²) >= 11 is 1.16. The first-order valence-corrected chi connectivity index (χ1v) is 8.95. The molecule has 8 heteroatoms. The Morgan fingerprint density at radius 1 is 1.15 bits per heavy atom. The van der Waals surface area contributed by atoms with E-state index in [0.29, 0.717) is 16.9 Å². The zero-order valence-corrected chi connectivity index (χ0v) is 15.2. The number of aryl methyl sites for hydroxylation is 2. The van der Waals surface area contributed by atoms with Crippen LogP contribution in [0.25, 0.3) is 0 Å². The highest BCUT2D eigenvalue weighted by atomic mass is 32.2. The topological polar surface area (TPSA) is 90.1 Å². The largest absolute Gasteiger partial charge is 0.484 e. The third kappa shape index (κ3) is 4.82. The van der Waals surface area contributed by atoms with Crippen molar-refractivity contribution >= 4 is 23.5 Å². The molecule has 0 saturated carbocycles. The molecule has 3 rings (SSSR count). The van der Waals surface area contributed by atoms with Crippen LogP contribution in [-0.4, -0.2) is 26.8 Å². The van der Waals surface area contributed by atoms with Crippen LogP contribution in [0.2, 0.25) is 0 Å². The molecule has 134 valence electrons. The van der Waals surface area contributed by atoms with E-state index in [4.69, 9.17) is 9.15 Å². The number of hydrogen-bond acceptors (Lipinski definition) is 7. The molecule has 0 unspecified atom stereocenters. The maximum atomic E-state index is 12.0. The molecule has 0 radical (unpaired) electrons. The number of carbonyl (C=O) groups is 1. The van der Waals surface area contributed by atoms with E-state index in [9.17, 15) is 4.79 Å². The van der Waals surface area contributed by atoms with E-state index in [0.717, 1.165) is 28.6 Å². The number of amides is 1. The zero-order chi connectivity index (χ0) is 18.4. The van der Waals surface area contributed by atoms with Crippen molar-refractivity contribution in [3.05, 3.63) is 59.6 Å². The second-order valence-electron chi connectivity index (χ2n) is 5.52. The van der Waals surface area contributed by atoms with Gasteiger partial charge in [-0.3, -0.25) is 4.79 Å². The molecule has 0 fully saturated rings. The minimum Gasteiger partial charge on any atom is -0.484 e. The van der Waals surface area contributed by atoms with Crippen molar-refractivity contribution in [3.8, 4) is 5.75 Å². The van der Waals surface area contributed by atoms with Gasteiger partial charge in [0.2, 0.25) is 5.91 Å². The second-order valence-corrected chi connectivity index (χ2v) is 6.45. The number of ether oxygens (including phenoxy) is 1. The van der Waals surface area contributed by atoms with E-state index in [-0.39, 0.29) is 18.3 Å². The Labute approximate surface area is 155 Å². The van der Waals surface area contributed by atoms with Crippen molar-refractivity contribution < 1.29 is 13.9 Å². The summed E-state index contributed by atoms with van der Waals surface area (Å²) in [6, 6.07) is 11.4. The number of rotatable bonds is 7. The summed E-state index contributed by atoms with van der Waals surface area (Å²) in [5, 5.41) is 10.9. The first kappa shape index (κ1) is 17.9. The van der Waals surface area contributed by atoms with Crippen molar-refractivity contribution in [1.29, 1.82) is 0 Å². The summed E-state index contributed by atoms with van der Waals surface area (Å²) in [6.07, 6.45) is 1.63. The Morgan fingerprint density at radius 3 is 2.77 bits per heavy atom. The molecule has 26 heavy (non-hydrogen) atoms. The van der Waals surface area contributed by atoms with Crippen molar-refractivity contribution in [2.75, 3.05) is 11.1 Å². The van der Waals surface area contributed by atoms with Crippen molar-refractivity contribution in [2.24, 2.45) is 0 Å². The quantitative estimate of drug-likeness (QED) is 0.638. The van der Waals surface area contributed by atoms with Gasteiger partial charge in [-0.1, -0.05) is 36.0 Å². The summed E-state index contributed by atoms with van der Waals surface area (Å²) in [6.45, 7) is 4.03. The SMILES string of the molecule is Cc1ccccc1OCc1nnc(SCC(=O)Nc2ncccc2C)o1. The number of benzene rings is 1. The van der Waals surface area contributed by atoms with Crippen LogP contribution in [-0.2, 0) is 11.4 Å². The summed E-state index contributed by atoms with van der Waals surface area (Å²) in [4.78, 5) is 16.1. The molecule has 0 saturated heterocycles. The molecule has 1 amide bonds. The third-order valence-electron chi connectivity index (χ3n) is 3.49. The van der Waals surface area contributed by atoms with Crippen molar-refractivity contribution in [2.45, 2.75) is 25.7 Å². The highest BCUT2D eigenvalue weighted by molar-refractivity contribution is 7.99. The van der Waals surface area contributed by atoms with Gasteiger partial charge in [0, 0.05) is 6.20 Å². The van der Waals surface area contributed by atoms with Gasteiger partial charge < -0.3 is 14.5 Å². The van der Waals surface area contributed by atoms with Crippen LogP contribution in [0.5, 0.6) is 5.75 Å². The average Bonchev–Trinajstić information content (AvgIpc) is 3.09. The van der Waals surface area contributed by atoms with Crippen LogP contribution >= 0.6 is 11.8 Å². The van der Waals surface area contributed by atoms with Crippen LogP contribution in [0.3, 0.4) is 0 Å². The molecule has 0 aliphatic heterocycles. The number of aromatic nitrogens is 3. The van der Waals surface area contributed by atoms with Gasteiger partial charge in [-0.25, -0.2) is 4.98 Å². The van der Waals surface area contributed by atoms with Gasteiger partial charge in [-0.05, 0) is 37.1 Å². The Kier molecular flexibility index (Phi) is 5.85. The lowest BCUT2D eigenvalue weighted by molar-refractivity contribution is -0.113. The molecule has 3 aromatic rings. The number of nitrogens with zero attached hydrogens (tertiary/aromatic N) is 3. The predicted octanol–water partition coefficient (Wildman–Crippen LogP) is 3.39. The van der Waals surface area contributed by atoms with E-state index < -0.39 is 0 Å². The fraction of sp³-hybridized carbons (Fsp3) is 0.222. The van der Waals surface area contributed by atoms with E-state index in [2.05, 4.69) is 20.5 Å². The lowest BCUT2D eigenvalue weighted by Crippen LogP contribution is -2.15. The Hall–Kier alpha value is -2.87. The third-order valence-corrected chi connectivity index (χ3v) is 4.31. The summed E-state index contributed by atoms with van der Waals surface area (Å²) < 4.78 is 11.2. The zero-order valence-electron chi connectivity index (χ0n) is 14.4. The van der Waals surface area contributed by atoms with Crippen LogP contribution < -0.4 is 10.1 Å². The monoisotopic (exact) mass is 370 g/mol. The molecule has 2 heterocycles. The number of para-hydroxylation sites is 1. The molecule has 2 aromatic heterocycles. The molecule has 0 aliphatic carbocycles. The van der Waals surface area contributed by atoms with E-state index >= 15 is 0 Å².